The zero-order valence-corrected chi connectivity index (χ0v) is 19.5. The summed E-state index contributed by atoms with van der Waals surface area (Å²) in [5.41, 5.74) is 6.54. The number of aromatic nitrogens is 2. The molecule has 0 fully saturated rings. The lowest BCUT2D eigenvalue weighted by Crippen LogP contribution is -2.23. The number of carbonyl (C=O) groups excluding carboxylic acids is 1. The SMILES string of the molecule is O=C(NCc1ccccn1)c1ccc2c(c1)N=C(c1cccc(F)c1)c1[nH]c3c(c1S2)C=CCC3. The highest BCUT2D eigenvalue weighted by atomic mass is 32.2. The minimum atomic E-state index is -0.317. The van der Waals surface area contributed by atoms with Gasteiger partial charge in [-0.2, -0.15) is 0 Å². The first kappa shape index (κ1) is 21.6. The number of carbonyl (C=O) groups is 1. The van der Waals surface area contributed by atoms with Crippen LogP contribution >= 0.6 is 11.8 Å². The fourth-order valence-corrected chi connectivity index (χ4v) is 5.48. The van der Waals surface area contributed by atoms with Gasteiger partial charge in [-0.05, 0) is 55.3 Å². The molecule has 6 rings (SSSR count). The summed E-state index contributed by atoms with van der Waals surface area (Å²) >= 11 is 1.63. The van der Waals surface area contributed by atoms with Crippen molar-refractivity contribution in [2.45, 2.75) is 29.2 Å². The molecule has 5 nitrogen and oxygen atoms in total. The van der Waals surface area contributed by atoms with Crippen molar-refractivity contribution in [2.75, 3.05) is 0 Å². The number of halogens is 1. The lowest BCUT2D eigenvalue weighted by atomic mass is 10.0. The van der Waals surface area contributed by atoms with E-state index in [4.69, 9.17) is 4.99 Å². The quantitative estimate of drug-likeness (QED) is 0.328. The van der Waals surface area contributed by atoms with E-state index in [-0.39, 0.29) is 11.7 Å². The van der Waals surface area contributed by atoms with E-state index in [1.165, 1.54) is 17.8 Å². The van der Waals surface area contributed by atoms with Crippen LogP contribution in [0.15, 0.2) is 87.7 Å². The summed E-state index contributed by atoms with van der Waals surface area (Å²) in [4.78, 5) is 27.7. The van der Waals surface area contributed by atoms with Gasteiger partial charge in [0.1, 0.15) is 5.82 Å². The molecule has 0 atom stereocenters. The molecule has 2 aromatic carbocycles. The van der Waals surface area contributed by atoms with Gasteiger partial charge in [-0.25, -0.2) is 9.38 Å². The van der Waals surface area contributed by atoms with Crippen LogP contribution in [0.4, 0.5) is 10.1 Å². The van der Waals surface area contributed by atoms with E-state index in [1.54, 1.807) is 30.1 Å². The Morgan fingerprint density at radius 1 is 1.11 bits per heavy atom. The number of benzene rings is 2. The number of amides is 1. The molecular weight excluding hydrogens is 459 g/mol. The third-order valence-electron chi connectivity index (χ3n) is 6.07. The number of nitrogens with one attached hydrogen (secondary N) is 2. The third kappa shape index (κ3) is 4.19. The fourth-order valence-electron chi connectivity index (χ4n) is 4.36. The number of aryl methyl sites for hydroxylation is 1. The van der Waals surface area contributed by atoms with Crippen molar-refractivity contribution in [1.29, 1.82) is 0 Å². The van der Waals surface area contributed by atoms with Crippen molar-refractivity contribution < 1.29 is 9.18 Å². The first-order valence-corrected chi connectivity index (χ1v) is 12.2. The van der Waals surface area contributed by atoms with Crippen LogP contribution in [0.3, 0.4) is 0 Å². The Hall–Kier alpha value is -3.97. The van der Waals surface area contributed by atoms with Gasteiger partial charge in [0.15, 0.2) is 0 Å². The molecule has 2 N–H and O–H groups in total. The Morgan fingerprint density at radius 3 is 2.91 bits per heavy atom. The van der Waals surface area contributed by atoms with Crippen molar-refractivity contribution >= 4 is 35.1 Å². The molecule has 0 radical (unpaired) electrons. The van der Waals surface area contributed by atoms with E-state index in [1.807, 2.05) is 36.4 Å². The van der Waals surface area contributed by atoms with Crippen molar-refractivity contribution in [3.8, 4) is 0 Å². The van der Waals surface area contributed by atoms with Gasteiger partial charge in [-0.15, -0.1) is 0 Å². The zero-order chi connectivity index (χ0) is 23.8. The number of fused-ring (bicyclic) bond motifs is 4. The van der Waals surface area contributed by atoms with Crippen LogP contribution in [0.1, 0.15) is 45.0 Å². The second-order valence-corrected chi connectivity index (χ2v) is 9.47. The lowest BCUT2D eigenvalue weighted by Gasteiger charge is -2.09. The van der Waals surface area contributed by atoms with E-state index in [2.05, 4.69) is 27.4 Å². The van der Waals surface area contributed by atoms with Crippen LogP contribution in [0.25, 0.3) is 6.08 Å². The molecule has 35 heavy (non-hydrogen) atoms. The third-order valence-corrected chi connectivity index (χ3v) is 7.27. The average molecular weight is 481 g/mol. The van der Waals surface area contributed by atoms with Gasteiger partial charge in [-0.1, -0.05) is 42.1 Å². The Labute approximate surface area is 206 Å². The molecule has 0 bridgehead atoms. The number of aromatic amines is 1. The van der Waals surface area contributed by atoms with Crippen LogP contribution < -0.4 is 5.32 Å². The maximum atomic E-state index is 14.2. The molecule has 0 spiro atoms. The molecule has 1 aliphatic carbocycles. The predicted molar refractivity (Wildman–Crippen MR) is 136 cm³/mol. The number of pyridine rings is 1. The summed E-state index contributed by atoms with van der Waals surface area (Å²) < 4.78 is 14.2. The van der Waals surface area contributed by atoms with Crippen LogP contribution in [0.5, 0.6) is 0 Å². The number of hydrogen-bond acceptors (Lipinski definition) is 4. The van der Waals surface area contributed by atoms with Crippen LogP contribution in [-0.4, -0.2) is 21.6 Å². The van der Waals surface area contributed by atoms with Gasteiger partial charge < -0.3 is 10.3 Å². The van der Waals surface area contributed by atoms with E-state index < -0.39 is 0 Å². The molecule has 0 saturated carbocycles. The Bertz CT molecular complexity index is 1510. The van der Waals surface area contributed by atoms with Crippen molar-refractivity contribution in [2.24, 2.45) is 4.99 Å². The molecule has 0 unspecified atom stereocenters. The lowest BCUT2D eigenvalue weighted by molar-refractivity contribution is 0.0950. The zero-order valence-electron chi connectivity index (χ0n) is 18.7. The topological polar surface area (TPSA) is 70.1 Å². The molecular formula is C28H21FN4OS. The predicted octanol–water partition coefficient (Wildman–Crippen LogP) is 6.07. The highest BCUT2D eigenvalue weighted by molar-refractivity contribution is 7.99. The minimum Gasteiger partial charge on any atom is -0.356 e. The highest BCUT2D eigenvalue weighted by Gasteiger charge is 2.26. The standard InChI is InChI=1S/C28H21FN4OS/c29-19-7-5-6-17(14-19)25-26-27(21-9-1-2-10-22(21)32-26)35-24-12-11-18(15-23(24)33-25)28(34)31-16-20-8-3-4-13-30-20/h1,3-9,11-15,32H,2,10,16H2,(H,31,34). The summed E-state index contributed by atoms with van der Waals surface area (Å²) in [6.07, 6.45) is 7.94. The van der Waals surface area contributed by atoms with Crippen molar-refractivity contribution in [1.82, 2.24) is 15.3 Å². The normalized spacial score (nSPS) is 13.8. The maximum absolute atomic E-state index is 14.2. The average Bonchev–Trinajstić information content (AvgIpc) is 3.16. The maximum Gasteiger partial charge on any atom is 0.251 e. The smallest absolute Gasteiger partial charge is 0.251 e. The first-order chi connectivity index (χ1) is 17.2. The minimum absolute atomic E-state index is 0.200. The molecule has 2 aromatic heterocycles. The summed E-state index contributed by atoms with van der Waals surface area (Å²) in [6, 6.07) is 17.6. The first-order valence-electron chi connectivity index (χ1n) is 11.4. The molecule has 0 saturated heterocycles. The number of H-pyrrole nitrogens is 1. The van der Waals surface area contributed by atoms with Crippen molar-refractivity contribution in [3.05, 3.63) is 113 Å². The molecule has 2 aliphatic rings. The molecule has 172 valence electrons. The van der Waals surface area contributed by atoms with E-state index in [9.17, 15) is 9.18 Å². The number of rotatable bonds is 4. The number of hydrogen-bond donors (Lipinski definition) is 2. The number of nitrogens with zero attached hydrogens (tertiary/aromatic N) is 2. The van der Waals surface area contributed by atoms with Crippen LogP contribution in [0, 0.1) is 5.82 Å². The highest BCUT2D eigenvalue weighted by Crippen LogP contribution is 2.45. The van der Waals surface area contributed by atoms with Gasteiger partial charge in [-0.3, -0.25) is 9.78 Å². The number of allylic oxidation sites excluding steroid dienone is 1. The van der Waals surface area contributed by atoms with E-state index in [0.29, 0.717) is 29.1 Å². The molecule has 4 aromatic rings. The van der Waals surface area contributed by atoms with Gasteiger partial charge >= 0.3 is 0 Å². The summed E-state index contributed by atoms with van der Waals surface area (Å²) in [6.45, 7) is 0.340. The molecule has 3 heterocycles. The van der Waals surface area contributed by atoms with Crippen molar-refractivity contribution in [3.63, 3.8) is 0 Å². The second-order valence-electron chi connectivity index (χ2n) is 8.42. The monoisotopic (exact) mass is 480 g/mol. The van der Waals surface area contributed by atoms with E-state index >= 15 is 0 Å². The van der Waals surface area contributed by atoms with Gasteiger partial charge in [0.05, 0.1) is 29.3 Å². The summed E-state index contributed by atoms with van der Waals surface area (Å²) in [7, 11) is 0. The second kappa shape index (κ2) is 9.00. The van der Waals surface area contributed by atoms with Crippen LogP contribution in [-0.2, 0) is 13.0 Å². The fraction of sp³-hybridized carbons (Fsp3) is 0.107. The van der Waals surface area contributed by atoms with E-state index in [0.717, 1.165) is 39.6 Å². The Kier molecular flexibility index (Phi) is 5.54. The Morgan fingerprint density at radius 2 is 2.06 bits per heavy atom. The molecule has 1 aliphatic heterocycles. The Balaban J connectivity index is 1.41. The largest absolute Gasteiger partial charge is 0.356 e. The molecule has 7 heteroatoms. The number of aliphatic imine (C=N–C) groups is 1. The van der Waals surface area contributed by atoms with Crippen LogP contribution in [0.2, 0.25) is 0 Å². The van der Waals surface area contributed by atoms with Gasteiger partial charge in [0.2, 0.25) is 0 Å². The summed E-state index contributed by atoms with van der Waals surface area (Å²) in [5, 5.41) is 2.92. The summed E-state index contributed by atoms with van der Waals surface area (Å²) in [5.74, 6) is -0.517. The van der Waals surface area contributed by atoms with Gasteiger partial charge in [0, 0.05) is 38.4 Å². The van der Waals surface area contributed by atoms with Gasteiger partial charge in [0.25, 0.3) is 5.91 Å². The molecule has 1 amide bonds.